The fraction of sp³-hybridized carbons (Fsp3) is 0.318. The molecule has 28 heavy (non-hydrogen) atoms. The van der Waals surface area contributed by atoms with E-state index in [2.05, 4.69) is 0 Å². The predicted molar refractivity (Wildman–Crippen MR) is 105 cm³/mol. The number of amides is 2. The number of nitrogens with zero attached hydrogens (tertiary/aromatic N) is 2. The number of rotatable bonds is 3. The van der Waals surface area contributed by atoms with Gasteiger partial charge in [-0.3, -0.25) is 9.59 Å². The largest absolute Gasteiger partial charge is 0.465 e. The molecule has 1 aliphatic heterocycles. The first-order valence-electron chi connectivity index (χ1n) is 9.33. The number of ether oxygens (including phenoxy) is 1. The normalized spacial score (nSPS) is 14.4. The van der Waals surface area contributed by atoms with Gasteiger partial charge in [-0.25, -0.2) is 4.79 Å². The molecular formula is C22H24N2O4. The van der Waals surface area contributed by atoms with E-state index in [-0.39, 0.29) is 11.8 Å². The van der Waals surface area contributed by atoms with Gasteiger partial charge in [0.15, 0.2) is 0 Å². The quantitative estimate of drug-likeness (QED) is 0.768. The summed E-state index contributed by atoms with van der Waals surface area (Å²) in [6, 6.07) is 14.1. The Hall–Kier alpha value is -3.15. The van der Waals surface area contributed by atoms with Gasteiger partial charge >= 0.3 is 5.97 Å². The van der Waals surface area contributed by atoms with E-state index in [9.17, 15) is 14.4 Å². The van der Waals surface area contributed by atoms with Crippen LogP contribution in [0.4, 0.5) is 0 Å². The first-order chi connectivity index (χ1) is 13.5. The molecule has 6 heteroatoms. The summed E-state index contributed by atoms with van der Waals surface area (Å²) in [5, 5.41) is 0. The summed E-state index contributed by atoms with van der Waals surface area (Å²) in [6.07, 6.45) is 0.708. The zero-order valence-electron chi connectivity index (χ0n) is 16.2. The van der Waals surface area contributed by atoms with Crippen molar-refractivity contribution < 1.29 is 19.1 Å². The smallest absolute Gasteiger partial charge is 0.337 e. The maximum Gasteiger partial charge on any atom is 0.337 e. The third-order valence-corrected chi connectivity index (χ3v) is 4.87. The van der Waals surface area contributed by atoms with Crippen LogP contribution in [0.15, 0.2) is 48.5 Å². The van der Waals surface area contributed by atoms with Crippen molar-refractivity contribution in [1.82, 2.24) is 9.80 Å². The van der Waals surface area contributed by atoms with E-state index >= 15 is 0 Å². The second-order valence-electron chi connectivity index (χ2n) is 6.88. The Morgan fingerprint density at radius 2 is 1.32 bits per heavy atom. The zero-order chi connectivity index (χ0) is 20.1. The maximum atomic E-state index is 12.9. The monoisotopic (exact) mass is 380 g/mol. The Morgan fingerprint density at radius 3 is 1.89 bits per heavy atom. The summed E-state index contributed by atoms with van der Waals surface area (Å²) in [7, 11) is 1.31. The Bertz CT molecular complexity index is 894. The van der Waals surface area contributed by atoms with Crippen molar-refractivity contribution in [2.45, 2.75) is 13.3 Å². The highest BCUT2D eigenvalue weighted by Crippen LogP contribution is 2.14. The minimum absolute atomic E-state index is 0.00862. The van der Waals surface area contributed by atoms with Crippen LogP contribution in [0.2, 0.25) is 0 Å². The van der Waals surface area contributed by atoms with Gasteiger partial charge in [-0.2, -0.15) is 0 Å². The maximum absolute atomic E-state index is 12.9. The van der Waals surface area contributed by atoms with Gasteiger partial charge in [0.2, 0.25) is 0 Å². The van der Waals surface area contributed by atoms with E-state index in [4.69, 9.17) is 4.74 Å². The van der Waals surface area contributed by atoms with E-state index in [1.54, 1.807) is 34.1 Å². The number of esters is 1. The van der Waals surface area contributed by atoms with Gasteiger partial charge in [-0.15, -0.1) is 0 Å². The molecule has 2 aromatic rings. The number of methoxy groups -OCH3 is 1. The third kappa shape index (κ3) is 4.39. The number of carbonyl (C=O) groups excluding carboxylic acids is 3. The van der Waals surface area contributed by atoms with Gasteiger partial charge in [-0.05, 0) is 43.7 Å². The summed E-state index contributed by atoms with van der Waals surface area (Å²) < 4.78 is 4.72. The zero-order valence-corrected chi connectivity index (χ0v) is 16.2. The highest BCUT2D eigenvalue weighted by Gasteiger charge is 2.24. The first kappa shape index (κ1) is 19.6. The van der Waals surface area contributed by atoms with Gasteiger partial charge in [0.1, 0.15) is 0 Å². The molecule has 6 nitrogen and oxygen atoms in total. The molecule has 2 amide bonds. The lowest BCUT2D eigenvalue weighted by atomic mass is 10.1. The molecule has 0 bridgehead atoms. The third-order valence-electron chi connectivity index (χ3n) is 4.87. The molecule has 1 heterocycles. The van der Waals surface area contributed by atoms with Crippen LogP contribution in [0.3, 0.4) is 0 Å². The second-order valence-corrected chi connectivity index (χ2v) is 6.88. The summed E-state index contributed by atoms with van der Waals surface area (Å²) >= 11 is 0. The average Bonchev–Trinajstić information content (AvgIpc) is 2.98. The van der Waals surface area contributed by atoms with E-state index in [1.807, 2.05) is 31.2 Å². The van der Waals surface area contributed by atoms with Gasteiger partial charge in [0.05, 0.1) is 12.7 Å². The van der Waals surface area contributed by atoms with Crippen LogP contribution in [0.25, 0.3) is 0 Å². The SMILES string of the molecule is COC(=O)c1cccc(C(=O)N2CCCN(C(=O)c3cccc(C)c3)CC2)c1. The van der Waals surface area contributed by atoms with Crippen LogP contribution in [-0.4, -0.2) is 60.9 Å². The Balaban J connectivity index is 1.69. The summed E-state index contributed by atoms with van der Waals surface area (Å²) in [5.74, 6) is -0.623. The highest BCUT2D eigenvalue weighted by atomic mass is 16.5. The standard InChI is InChI=1S/C22H24N2O4/c1-16-6-3-7-17(14-16)20(25)23-10-5-11-24(13-12-23)21(26)18-8-4-9-19(15-18)22(27)28-2/h3-4,6-9,14-15H,5,10-13H2,1-2H3. The van der Waals surface area contributed by atoms with Crippen molar-refractivity contribution in [1.29, 1.82) is 0 Å². The van der Waals surface area contributed by atoms with E-state index in [1.165, 1.54) is 7.11 Å². The van der Waals surface area contributed by atoms with Gasteiger partial charge in [-0.1, -0.05) is 23.8 Å². The van der Waals surface area contributed by atoms with Crippen molar-refractivity contribution in [2.75, 3.05) is 33.3 Å². The molecule has 0 aromatic heterocycles. The van der Waals surface area contributed by atoms with Gasteiger partial charge in [0.25, 0.3) is 11.8 Å². The lowest BCUT2D eigenvalue weighted by Gasteiger charge is -2.22. The van der Waals surface area contributed by atoms with Crippen molar-refractivity contribution in [3.05, 3.63) is 70.8 Å². The molecule has 1 aliphatic rings. The summed E-state index contributed by atoms with van der Waals surface area (Å²) in [6.45, 7) is 4.08. The average molecular weight is 380 g/mol. The summed E-state index contributed by atoms with van der Waals surface area (Å²) in [4.78, 5) is 40.9. The molecule has 1 fully saturated rings. The Kier molecular flexibility index (Phi) is 6.09. The predicted octanol–water partition coefficient (Wildman–Crippen LogP) is 2.77. The van der Waals surface area contributed by atoms with Crippen LogP contribution in [0.1, 0.15) is 43.1 Å². The molecule has 0 atom stereocenters. The van der Waals surface area contributed by atoms with E-state index in [0.717, 1.165) is 5.56 Å². The molecule has 146 valence electrons. The first-order valence-corrected chi connectivity index (χ1v) is 9.33. The van der Waals surface area contributed by atoms with Crippen LogP contribution in [-0.2, 0) is 4.74 Å². The number of benzene rings is 2. The number of hydrogen-bond donors (Lipinski definition) is 0. The fourth-order valence-electron chi connectivity index (χ4n) is 3.36. The molecular weight excluding hydrogens is 356 g/mol. The van der Waals surface area contributed by atoms with Crippen molar-refractivity contribution in [2.24, 2.45) is 0 Å². The molecule has 0 aliphatic carbocycles. The van der Waals surface area contributed by atoms with E-state index < -0.39 is 5.97 Å². The molecule has 0 N–H and O–H groups in total. The number of aryl methyl sites for hydroxylation is 1. The lowest BCUT2D eigenvalue weighted by Crippen LogP contribution is -2.37. The summed E-state index contributed by atoms with van der Waals surface area (Å²) in [5.41, 5.74) is 2.51. The molecule has 0 spiro atoms. The van der Waals surface area contributed by atoms with Gasteiger partial charge in [0, 0.05) is 37.3 Å². The Labute approximate surface area is 164 Å². The minimum atomic E-state index is -0.472. The molecule has 2 aromatic carbocycles. The fourth-order valence-corrected chi connectivity index (χ4v) is 3.36. The van der Waals surface area contributed by atoms with Crippen LogP contribution < -0.4 is 0 Å². The van der Waals surface area contributed by atoms with Crippen molar-refractivity contribution in [3.8, 4) is 0 Å². The molecule has 1 saturated heterocycles. The number of carbonyl (C=O) groups is 3. The van der Waals surface area contributed by atoms with Gasteiger partial charge < -0.3 is 14.5 Å². The van der Waals surface area contributed by atoms with Crippen LogP contribution in [0, 0.1) is 6.92 Å². The van der Waals surface area contributed by atoms with E-state index in [0.29, 0.717) is 49.3 Å². The topological polar surface area (TPSA) is 66.9 Å². The molecule has 0 unspecified atom stereocenters. The van der Waals surface area contributed by atoms with Crippen LogP contribution in [0.5, 0.6) is 0 Å². The Morgan fingerprint density at radius 1 is 0.786 bits per heavy atom. The van der Waals surface area contributed by atoms with Crippen molar-refractivity contribution >= 4 is 17.8 Å². The number of hydrogen-bond acceptors (Lipinski definition) is 4. The molecule has 3 rings (SSSR count). The highest BCUT2D eigenvalue weighted by molar-refractivity contribution is 5.98. The molecule has 0 saturated carbocycles. The molecule has 0 radical (unpaired) electrons. The lowest BCUT2D eigenvalue weighted by molar-refractivity contribution is 0.0600. The second kappa shape index (κ2) is 8.69. The minimum Gasteiger partial charge on any atom is -0.465 e. The van der Waals surface area contributed by atoms with Crippen LogP contribution >= 0.6 is 0 Å². The van der Waals surface area contributed by atoms with Crippen molar-refractivity contribution in [3.63, 3.8) is 0 Å².